The highest BCUT2D eigenvalue weighted by molar-refractivity contribution is 9.10. The number of benzene rings is 1. The Morgan fingerprint density at radius 3 is 2.75 bits per heavy atom. The lowest BCUT2D eigenvalue weighted by molar-refractivity contribution is -0.115. The lowest BCUT2D eigenvalue weighted by Crippen LogP contribution is -2.16. The van der Waals surface area contributed by atoms with Crippen LogP contribution in [-0.2, 0) is 11.2 Å². The third-order valence-electron chi connectivity index (χ3n) is 2.83. The van der Waals surface area contributed by atoms with Crippen molar-refractivity contribution in [1.29, 1.82) is 0 Å². The number of para-hydroxylation sites is 1. The Morgan fingerprint density at radius 1 is 1.30 bits per heavy atom. The molecular formula is C15H15BrN2O2. The summed E-state index contributed by atoms with van der Waals surface area (Å²) < 4.78 is 6.15. The predicted molar refractivity (Wildman–Crippen MR) is 82.0 cm³/mol. The lowest BCUT2D eigenvalue weighted by atomic mass is 10.1. The van der Waals surface area contributed by atoms with Crippen molar-refractivity contribution in [3.63, 3.8) is 0 Å². The van der Waals surface area contributed by atoms with Crippen LogP contribution in [0.25, 0.3) is 0 Å². The average Bonchev–Trinajstić information content (AvgIpc) is 2.43. The van der Waals surface area contributed by atoms with Crippen LogP contribution in [0.4, 0.5) is 5.82 Å². The monoisotopic (exact) mass is 334 g/mol. The Labute approximate surface area is 126 Å². The molecule has 0 saturated heterocycles. The maximum atomic E-state index is 12.0. The molecule has 0 aliphatic heterocycles. The molecule has 0 saturated carbocycles. The van der Waals surface area contributed by atoms with E-state index >= 15 is 0 Å². The molecule has 0 aliphatic carbocycles. The molecule has 2 rings (SSSR count). The van der Waals surface area contributed by atoms with Crippen molar-refractivity contribution in [2.45, 2.75) is 13.3 Å². The van der Waals surface area contributed by atoms with Crippen LogP contribution in [0, 0.1) is 6.92 Å². The molecule has 1 aromatic carbocycles. The Morgan fingerprint density at radius 2 is 2.05 bits per heavy atom. The maximum absolute atomic E-state index is 12.0. The third-order valence-corrected chi connectivity index (χ3v) is 3.67. The lowest BCUT2D eigenvalue weighted by Gasteiger charge is -2.09. The van der Waals surface area contributed by atoms with Gasteiger partial charge in [-0.05, 0) is 41.1 Å². The first-order chi connectivity index (χ1) is 9.60. The van der Waals surface area contributed by atoms with Gasteiger partial charge in [-0.1, -0.05) is 18.2 Å². The Bertz CT molecular complexity index is 629. The van der Waals surface area contributed by atoms with Crippen molar-refractivity contribution in [3.05, 3.63) is 52.1 Å². The summed E-state index contributed by atoms with van der Waals surface area (Å²) >= 11 is 3.38. The first-order valence-electron chi connectivity index (χ1n) is 6.15. The SMILES string of the molecule is COc1ccccc1CC(=O)Nc1ccc(Br)c(C)n1. The van der Waals surface area contributed by atoms with Crippen LogP contribution in [0.15, 0.2) is 40.9 Å². The quantitative estimate of drug-likeness (QED) is 0.932. The molecule has 0 unspecified atom stereocenters. The third kappa shape index (κ3) is 3.57. The summed E-state index contributed by atoms with van der Waals surface area (Å²) in [7, 11) is 1.59. The van der Waals surface area contributed by atoms with Gasteiger partial charge < -0.3 is 10.1 Å². The summed E-state index contributed by atoms with van der Waals surface area (Å²) in [4.78, 5) is 16.3. The first-order valence-corrected chi connectivity index (χ1v) is 6.94. The second kappa shape index (κ2) is 6.52. The molecular weight excluding hydrogens is 320 g/mol. The molecule has 1 amide bonds. The van der Waals surface area contributed by atoms with E-state index in [9.17, 15) is 4.79 Å². The molecule has 0 fully saturated rings. The zero-order valence-corrected chi connectivity index (χ0v) is 12.9. The summed E-state index contributed by atoms with van der Waals surface area (Å²) in [5.41, 5.74) is 1.68. The van der Waals surface area contributed by atoms with Gasteiger partial charge in [0.2, 0.25) is 5.91 Å². The number of aromatic nitrogens is 1. The topological polar surface area (TPSA) is 51.2 Å². The molecule has 104 valence electrons. The molecule has 1 aromatic heterocycles. The average molecular weight is 335 g/mol. The van der Waals surface area contributed by atoms with Crippen LogP contribution in [-0.4, -0.2) is 18.0 Å². The van der Waals surface area contributed by atoms with E-state index in [1.165, 1.54) is 0 Å². The van der Waals surface area contributed by atoms with Crippen molar-refractivity contribution in [2.24, 2.45) is 0 Å². The number of nitrogens with one attached hydrogen (secondary N) is 1. The van der Waals surface area contributed by atoms with Crippen molar-refractivity contribution >= 4 is 27.7 Å². The summed E-state index contributed by atoms with van der Waals surface area (Å²) in [5.74, 6) is 1.14. The number of aryl methyl sites for hydroxylation is 1. The number of pyridine rings is 1. The van der Waals surface area contributed by atoms with E-state index in [0.29, 0.717) is 11.6 Å². The summed E-state index contributed by atoms with van der Waals surface area (Å²) in [6.07, 6.45) is 0.251. The van der Waals surface area contributed by atoms with E-state index in [-0.39, 0.29) is 12.3 Å². The smallest absolute Gasteiger partial charge is 0.230 e. The van der Waals surface area contributed by atoms with Gasteiger partial charge in [0.25, 0.3) is 0 Å². The van der Waals surface area contributed by atoms with Crippen LogP contribution >= 0.6 is 15.9 Å². The maximum Gasteiger partial charge on any atom is 0.230 e. The normalized spacial score (nSPS) is 10.2. The van der Waals surface area contributed by atoms with Crippen molar-refractivity contribution in [3.8, 4) is 5.75 Å². The number of nitrogens with zero attached hydrogens (tertiary/aromatic N) is 1. The number of hydrogen-bond donors (Lipinski definition) is 1. The molecule has 0 radical (unpaired) electrons. The van der Waals surface area contributed by atoms with E-state index in [1.54, 1.807) is 13.2 Å². The zero-order valence-electron chi connectivity index (χ0n) is 11.3. The highest BCUT2D eigenvalue weighted by Crippen LogP contribution is 2.19. The molecule has 20 heavy (non-hydrogen) atoms. The molecule has 4 nitrogen and oxygen atoms in total. The van der Waals surface area contributed by atoms with Gasteiger partial charge in [-0.15, -0.1) is 0 Å². The Hall–Kier alpha value is -1.88. The second-order valence-corrected chi connectivity index (χ2v) is 5.15. The molecule has 0 atom stereocenters. The van der Waals surface area contributed by atoms with Gasteiger partial charge in [0.15, 0.2) is 0 Å². The molecule has 0 spiro atoms. The van der Waals surface area contributed by atoms with Gasteiger partial charge in [0.1, 0.15) is 11.6 Å². The van der Waals surface area contributed by atoms with Crippen LogP contribution in [0.2, 0.25) is 0 Å². The molecule has 0 aliphatic rings. The fourth-order valence-corrected chi connectivity index (χ4v) is 2.04. The predicted octanol–water partition coefficient (Wildman–Crippen LogP) is 3.34. The van der Waals surface area contributed by atoms with Crippen LogP contribution < -0.4 is 10.1 Å². The number of carbonyl (C=O) groups is 1. The van der Waals surface area contributed by atoms with E-state index < -0.39 is 0 Å². The standard InChI is InChI=1S/C15H15BrN2O2/c1-10-12(16)7-8-14(17-10)18-15(19)9-11-5-3-4-6-13(11)20-2/h3-8H,9H2,1-2H3,(H,17,18,19). The summed E-state index contributed by atoms with van der Waals surface area (Å²) in [6, 6.07) is 11.1. The number of hydrogen-bond acceptors (Lipinski definition) is 3. The van der Waals surface area contributed by atoms with Gasteiger partial charge in [-0.25, -0.2) is 4.98 Å². The fourth-order valence-electron chi connectivity index (χ4n) is 1.82. The van der Waals surface area contributed by atoms with Crippen molar-refractivity contribution < 1.29 is 9.53 Å². The second-order valence-electron chi connectivity index (χ2n) is 4.30. The van der Waals surface area contributed by atoms with Crippen LogP contribution in [0.5, 0.6) is 5.75 Å². The Balaban J connectivity index is 2.07. The molecule has 2 aromatic rings. The van der Waals surface area contributed by atoms with Crippen molar-refractivity contribution in [2.75, 3.05) is 12.4 Å². The number of rotatable bonds is 4. The van der Waals surface area contributed by atoms with Crippen LogP contribution in [0.3, 0.4) is 0 Å². The largest absolute Gasteiger partial charge is 0.496 e. The van der Waals surface area contributed by atoms with Gasteiger partial charge in [-0.3, -0.25) is 4.79 Å². The molecule has 0 bridgehead atoms. The number of halogens is 1. The molecule has 5 heteroatoms. The molecule has 1 N–H and O–H groups in total. The number of amides is 1. The minimum Gasteiger partial charge on any atom is -0.496 e. The van der Waals surface area contributed by atoms with E-state index in [0.717, 1.165) is 15.7 Å². The van der Waals surface area contributed by atoms with Gasteiger partial charge in [0, 0.05) is 10.0 Å². The van der Waals surface area contributed by atoms with Crippen LogP contribution in [0.1, 0.15) is 11.3 Å². The summed E-state index contributed by atoms with van der Waals surface area (Å²) in [6.45, 7) is 1.87. The molecule has 1 heterocycles. The van der Waals surface area contributed by atoms with Gasteiger partial charge in [0.05, 0.1) is 19.2 Å². The number of methoxy groups -OCH3 is 1. The van der Waals surface area contributed by atoms with E-state index in [4.69, 9.17) is 4.74 Å². The minimum absolute atomic E-state index is 0.122. The van der Waals surface area contributed by atoms with Gasteiger partial charge in [-0.2, -0.15) is 0 Å². The number of carbonyl (C=O) groups excluding carboxylic acids is 1. The van der Waals surface area contributed by atoms with E-state index in [2.05, 4.69) is 26.2 Å². The summed E-state index contributed by atoms with van der Waals surface area (Å²) in [5, 5.41) is 2.78. The minimum atomic E-state index is -0.122. The van der Waals surface area contributed by atoms with Gasteiger partial charge >= 0.3 is 0 Å². The highest BCUT2D eigenvalue weighted by atomic mass is 79.9. The van der Waals surface area contributed by atoms with Crippen molar-refractivity contribution in [1.82, 2.24) is 4.98 Å². The fraction of sp³-hybridized carbons (Fsp3) is 0.200. The zero-order chi connectivity index (χ0) is 14.5. The first kappa shape index (κ1) is 14.5. The number of ether oxygens (including phenoxy) is 1. The van der Waals surface area contributed by atoms with E-state index in [1.807, 2.05) is 37.3 Å². The number of anilines is 1. The highest BCUT2D eigenvalue weighted by Gasteiger charge is 2.09. The Kier molecular flexibility index (Phi) is 4.74.